The predicted molar refractivity (Wildman–Crippen MR) is 179 cm³/mol. The largest absolute Gasteiger partial charge is 0.495 e. The van der Waals surface area contributed by atoms with E-state index in [1.54, 1.807) is 46.7 Å². The first kappa shape index (κ1) is 29.9. The molecule has 1 aliphatic heterocycles. The third-order valence-corrected chi connectivity index (χ3v) is 10.9. The summed E-state index contributed by atoms with van der Waals surface area (Å²) in [6.07, 6.45) is 2.10. The van der Waals surface area contributed by atoms with Crippen LogP contribution in [0.2, 0.25) is 0 Å². The highest BCUT2D eigenvalue weighted by molar-refractivity contribution is 7.90. The highest BCUT2D eigenvalue weighted by atomic mass is 32.2. The second-order valence-electron chi connectivity index (χ2n) is 11.2. The number of fused-ring (bicyclic) bond motifs is 5. The second kappa shape index (κ2) is 11.2. The Morgan fingerprint density at radius 2 is 1.89 bits per heavy atom. The van der Waals surface area contributed by atoms with Crippen LogP contribution in [0.1, 0.15) is 18.1 Å². The molecule has 6 aromatic rings. The van der Waals surface area contributed by atoms with Gasteiger partial charge in [-0.15, -0.1) is 11.3 Å². The van der Waals surface area contributed by atoms with E-state index in [2.05, 4.69) is 5.32 Å². The van der Waals surface area contributed by atoms with Crippen molar-refractivity contribution >= 4 is 71.5 Å². The van der Waals surface area contributed by atoms with Gasteiger partial charge in [-0.3, -0.25) is 14.5 Å². The zero-order valence-corrected chi connectivity index (χ0v) is 27.3. The molecule has 0 unspecified atom stereocenters. The lowest BCUT2D eigenvalue weighted by atomic mass is 10.1. The lowest BCUT2D eigenvalue weighted by Gasteiger charge is -2.22. The first-order chi connectivity index (χ1) is 22.1. The molecule has 7 rings (SSSR count). The van der Waals surface area contributed by atoms with Gasteiger partial charge in [0.1, 0.15) is 10.4 Å². The van der Waals surface area contributed by atoms with E-state index in [0.29, 0.717) is 40.0 Å². The van der Waals surface area contributed by atoms with Crippen LogP contribution < -0.4 is 20.5 Å². The maximum atomic E-state index is 13.9. The quantitative estimate of drug-likeness (QED) is 0.253. The Bertz CT molecular complexity index is 2340. The third-order valence-electron chi connectivity index (χ3n) is 8.34. The molecule has 2 aromatic carbocycles. The number of benzene rings is 2. The van der Waals surface area contributed by atoms with Gasteiger partial charge in [-0.2, -0.15) is 4.98 Å². The predicted octanol–water partition coefficient (Wildman–Crippen LogP) is 4.40. The Balaban J connectivity index is 1.43. The molecule has 0 aliphatic carbocycles. The fourth-order valence-corrected chi connectivity index (χ4v) is 7.78. The van der Waals surface area contributed by atoms with Crippen molar-refractivity contribution in [3.05, 3.63) is 81.6 Å². The molecule has 0 radical (unpaired) electrons. The molecule has 0 saturated heterocycles. The minimum atomic E-state index is -4.05. The monoisotopic (exact) mass is 657 g/mol. The van der Waals surface area contributed by atoms with Crippen LogP contribution in [0.4, 0.5) is 17.3 Å². The van der Waals surface area contributed by atoms with E-state index in [0.717, 1.165) is 27.3 Å². The summed E-state index contributed by atoms with van der Waals surface area (Å²) in [6.45, 7) is 5.43. The average molecular weight is 658 g/mol. The zero-order valence-electron chi connectivity index (χ0n) is 25.6. The van der Waals surface area contributed by atoms with Crippen molar-refractivity contribution < 1.29 is 17.9 Å². The van der Waals surface area contributed by atoms with Crippen LogP contribution in [-0.2, 0) is 21.2 Å². The number of ether oxygens (including phenoxy) is 1. The summed E-state index contributed by atoms with van der Waals surface area (Å²) in [5, 5.41) is 5.43. The molecule has 5 heterocycles. The lowest BCUT2D eigenvalue weighted by Crippen LogP contribution is -2.38. The molecular weight excluding hydrogens is 627 g/mol. The number of likely N-dealkylation sites (N-methyl/N-ethyl adjacent to an activating group) is 1. The van der Waals surface area contributed by atoms with Crippen LogP contribution in [-0.4, -0.2) is 71.4 Å². The Morgan fingerprint density at radius 1 is 1.11 bits per heavy atom. The highest BCUT2D eigenvalue weighted by Gasteiger charge is 2.28. The molecular formula is C32H31N7O5S2. The van der Waals surface area contributed by atoms with Crippen LogP contribution in [0.5, 0.6) is 5.75 Å². The van der Waals surface area contributed by atoms with Crippen LogP contribution in [0.25, 0.3) is 26.9 Å². The van der Waals surface area contributed by atoms with Gasteiger partial charge in [-0.05, 0) is 74.3 Å². The van der Waals surface area contributed by atoms with Crippen molar-refractivity contribution in [3.8, 4) is 5.75 Å². The van der Waals surface area contributed by atoms with Gasteiger partial charge in [0.15, 0.2) is 11.3 Å². The van der Waals surface area contributed by atoms with Gasteiger partial charge in [0.2, 0.25) is 11.9 Å². The molecule has 0 fully saturated rings. The van der Waals surface area contributed by atoms with Crippen molar-refractivity contribution in [2.75, 3.05) is 44.0 Å². The zero-order chi connectivity index (χ0) is 32.3. The van der Waals surface area contributed by atoms with E-state index in [-0.39, 0.29) is 40.1 Å². The first-order valence-corrected chi connectivity index (χ1v) is 17.0. The molecule has 1 amide bonds. The summed E-state index contributed by atoms with van der Waals surface area (Å²) in [7, 11) is -0.612. The number of rotatable bonds is 8. The molecule has 0 atom stereocenters. The lowest BCUT2D eigenvalue weighted by molar-refractivity contribution is -0.119. The van der Waals surface area contributed by atoms with Gasteiger partial charge >= 0.3 is 0 Å². The summed E-state index contributed by atoms with van der Waals surface area (Å²) >= 11 is 1.27. The van der Waals surface area contributed by atoms with Gasteiger partial charge in [0.25, 0.3) is 15.6 Å². The number of aromatic nitrogens is 4. The molecule has 0 spiro atoms. The van der Waals surface area contributed by atoms with Gasteiger partial charge in [-0.1, -0.05) is 24.6 Å². The Hall–Kier alpha value is -4.79. The summed E-state index contributed by atoms with van der Waals surface area (Å²) in [5.41, 5.74) is 3.58. The first-order valence-electron chi connectivity index (χ1n) is 14.7. The van der Waals surface area contributed by atoms with Crippen molar-refractivity contribution in [2.24, 2.45) is 0 Å². The SMILES string of the molecule is CCN(C)CC(=O)N1CCc2cc(OC)c(Nc3nc4c(ccn4S(=O)(=O)c4ccc(C)cc4)c4nc5ccsc5c(=O)n34)cc21. The molecule has 1 aliphatic rings. The molecule has 1 N–H and O–H groups in total. The highest BCUT2D eigenvalue weighted by Crippen LogP contribution is 2.39. The minimum Gasteiger partial charge on any atom is -0.495 e. The van der Waals surface area contributed by atoms with E-state index in [1.807, 2.05) is 37.9 Å². The Kier molecular flexibility index (Phi) is 7.30. The standard InChI is InChI=1S/C32H31N7O5S2/c1-5-36(3)18-27(40)37-13-10-20-16-26(44-4)24(17-25(20)37)34-32-35-29-22(30-33-23-12-15-45-28(23)31(41)39(30)32)11-14-38(29)46(42,43)21-8-6-19(2)7-9-21/h6-9,11-12,14-17H,5,10,13,18H2,1-4H3,(H,34,35). The van der Waals surface area contributed by atoms with E-state index >= 15 is 0 Å². The van der Waals surface area contributed by atoms with Crippen LogP contribution in [0, 0.1) is 6.92 Å². The number of thiophene rings is 1. The number of nitrogens with one attached hydrogen (secondary N) is 1. The second-order valence-corrected chi connectivity index (χ2v) is 14.0. The third kappa shape index (κ3) is 4.80. The van der Waals surface area contributed by atoms with Crippen LogP contribution in [0.3, 0.4) is 0 Å². The number of carbonyl (C=O) groups is 1. The van der Waals surface area contributed by atoms with Crippen molar-refractivity contribution in [2.45, 2.75) is 25.2 Å². The fraction of sp³-hybridized carbons (Fsp3) is 0.250. The van der Waals surface area contributed by atoms with Gasteiger partial charge < -0.3 is 15.0 Å². The maximum absolute atomic E-state index is 13.9. The molecule has 12 nitrogen and oxygen atoms in total. The number of aryl methyl sites for hydroxylation is 1. The number of hydrogen-bond donors (Lipinski definition) is 1. The van der Waals surface area contributed by atoms with Crippen molar-refractivity contribution in [1.29, 1.82) is 0 Å². The van der Waals surface area contributed by atoms with Gasteiger partial charge in [0.05, 0.1) is 35.1 Å². The van der Waals surface area contributed by atoms with E-state index in [9.17, 15) is 18.0 Å². The topological polar surface area (TPSA) is 131 Å². The molecule has 46 heavy (non-hydrogen) atoms. The number of carbonyl (C=O) groups excluding carboxylic acids is 1. The molecule has 14 heteroatoms. The van der Waals surface area contributed by atoms with Crippen molar-refractivity contribution in [3.63, 3.8) is 0 Å². The Morgan fingerprint density at radius 3 is 2.63 bits per heavy atom. The summed E-state index contributed by atoms with van der Waals surface area (Å²) in [5.74, 6) is 0.507. The number of methoxy groups -OCH3 is 1. The van der Waals surface area contributed by atoms with E-state index < -0.39 is 10.0 Å². The van der Waals surface area contributed by atoms with E-state index in [4.69, 9.17) is 14.7 Å². The van der Waals surface area contributed by atoms with Crippen LogP contribution >= 0.6 is 11.3 Å². The normalized spacial score (nSPS) is 13.3. The van der Waals surface area contributed by atoms with Crippen LogP contribution in [0.15, 0.2) is 69.8 Å². The molecule has 4 aromatic heterocycles. The van der Waals surface area contributed by atoms with E-state index in [1.165, 1.54) is 29.0 Å². The maximum Gasteiger partial charge on any atom is 0.278 e. The molecule has 0 bridgehead atoms. The molecule has 236 valence electrons. The minimum absolute atomic E-state index is 0.0242. The molecule has 0 saturated carbocycles. The van der Waals surface area contributed by atoms with Crippen molar-refractivity contribution in [1.82, 2.24) is 23.2 Å². The summed E-state index contributed by atoms with van der Waals surface area (Å²) in [6, 6.07) is 13.6. The number of hydrogen-bond acceptors (Lipinski definition) is 10. The summed E-state index contributed by atoms with van der Waals surface area (Å²) in [4.78, 5) is 40.5. The smallest absolute Gasteiger partial charge is 0.278 e. The van der Waals surface area contributed by atoms with Gasteiger partial charge in [-0.25, -0.2) is 21.8 Å². The Labute approximate surface area is 268 Å². The number of anilines is 3. The fourth-order valence-electron chi connectivity index (χ4n) is 5.72. The summed E-state index contributed by atoms with van der Waals surface area (Å²) < 4.78 is 36.3. The number of nitrogens with zero attached hydrogens (tertiary/aromatic N) is 6. The van der Waals surface area contributed by atoms with Gasteiger partial charge in [0, 0.05) is 18.4 Å². The average Bonchev–Trinajstić information content (AvgIpc) is 3.79. The number of amides is 1.